The average Bonchev–Trinajstić information content (AvgIpc) is 3.29. The van der Waals surface area contributed by atoms with Gasteiger partial charge in [-0.3, -0.25) is 4.79 Å². The van der Waals surface area contributed by atoms with Crippen molar-refractivity contribution in [2.75, 3.05) is 24.6 Å². The summed E-state index contributed by atoms with van der Waals surface area (Å²) >= 11 is 0. The van der Waals surface area contributed by atoms with E-state index >= 15 is 0 Å². The van der Waals surface area contributed by atoms with E-state index in [1.54, 1.807) is 12.3 Å². The van der Waals surface area contributed by atoms with Gasteiger partial charge >= 0.3 is 0 Å². The van der Waals surface area contributed by atoms with Crippen molar-refractivity contribution in [1.29, 1.82) is 0 Å². The molecule has 7 heteroatoms. The molecule has 1 saturated carbocycles. The van der Waals surface area contributed by atoms with E-state index in [9.17, 15) is 13.6 Å². The van der Waals surface area contributed by atoms with E-state index in [0.29, 0.717) is 12.2 Å². The van der Waals surface area contributed by atoms with Gasteiger partial charge in [0.15, 0.2) is 5.78 Å². The fourth-order valence-corrected chi connectivity index (χ4v) is 4.57. The fraction of sp³-hybridized carbons (Fsp3) is 0.429. The zero-order valence-electron chi connectivity index (χ0n) is 19.8. The molecule has 0 bridgehead atoms. The summed E-state index contributed by atoms with van der Waals surface area (Å²) in [5.74, 6) is -0.764. The molecule has 184 valence electrons. The van der Waals surface area contributed by atoms with Gasteiger partial charge in [-0.1, -0.05) is 37.3 Å². The highest BCUT2D eigenvalue weighted by Crippen LogP contribution is 2.48. The van der Waals surface area contributed by atoms with E-state index in [1.807, 2.05) is 48.6 Å². The SMILES string of the molecule is C[C@H](CC(=O)C1=CCC=C1)c1ccc(OC2CCN(c3ccc(OC[C@H]4CC4(F)F)cn3)C2)cc1. The molecule has 1 aromatic carbocycles. The monoisotopic (exact) mass is 480 g/mol. The van der Waals surface area contributed by atoms with Crippen molar-refractivity contribution in [2.45, 2.75) is 50.6 Å². The van der Waals surface area contributed by atoms with Crippen LogP contribution in [0.15, 0.2) is 66.4 Å². The molecule has 3 aliphatic rings. The number of benzene rings is 1. The van der Waals surface area contributed by atoms with E-state index in [0.717, 1.165) is 48.6 Å². The summed E-state index contributed by atoms with van der Waals surface area (Å²) in [6.07, 6.45) is 9.68. The molecule has 0 N–H and O–H groups in total. The van der Waals surface area contributed by atoms with Crippen LogP contribution in [0.1, 0.15) is 44.1 Å². The molecule has 1 saturated heterocycles. The number of pyridine rings is 1. The Bertz CT molecular complexity index is 1110. The molecule has 1 aromatic heterocycles. The van der Waals surface area contributed by atoms with Crippen molar-refractivity contribution < 1.29 is 23.0 Å². The third-order valence-corrected chi connectivity index (χ3v) is 6.93. The molecule has 35 heavy (non-hydrogen) atoms. The van der Waals surface area contributed by atoms with E-state index < -0.39 is 11.8 Å². The number of ether oxygens (including phenoxy) is 2. The second-order valence-corrected chi connectivity index (χ2v) is 9.69. The molecule has 0 radical (unpaired) electrons. The van der Waals surface area contributed by atoms with Crippen LogP contribution in [0.4, 0.5) is 14.6 Å². The lowest BCUT2D eigenvalue weighted by Gasteiger charge is -2.19. The Morgan fingerprint density at radius 3 is 2.63 bits per heavy atom. The van der Waals surface area contributed by atoms with E-state index in [2.05, 4.69) is 16.8 Å². The molecule has 0 spiro atoms. The Morgan fingerprint density at radius 2 is 1.97 bits per heavy atom. The van der Waals surface area contributed by atoms with Crippen LogP contribution in [-0.2, 0) is 4.79 Å². The maximum Gasteiger partial charge on any atom is 0.255 e. The zero-order valence-corrected chi connectivity index (χ0v) is 19.8. The summed E-state index contributed by atoms with van der Waals surface area (Å²) in [7, 11) is 0. The van der Waals surface area contributed by atoms with Gasteiger partial charge in [0.1, 0.15) is 23.4 Å². The summed E-state index contributed by atoms with van der Waals surface area (Å²) in [4.78, 5) is 19.0. The van der Waals surface area contributed by atoms with Gasteiger partial charge in [-0.25, -0.2) is 13.8 Å². The molecular weight excluding hydrogens is 450 g/mol. The van der Waals surface area contributed by atoms with E-state index in [4.69, 9.17) is 9.47 Å². The topological polar surface area (TPSA) is 51.7 Å². The van der Waals surface area contributed by atoms with Crippen molar-refractivity contribution in [1.82, 2.24) is 4.98 Å². The third-order valence-electron chi connectivity index (χ3n) is 6.93. The number of halogens is 2. The molecule has 5 rings (SSSR count). The van der Waals surface area contributed by atoms with Gasteiger partial charge in [0.05, 0.1) is 25.3 Å². The van der Waals surface area contributed by atoms with Gasteiger partial charge in [-0.2, -0.15) is 0 Å². The molecule has 1 unspecified atom stereocenters. The van der Waals surface area contributed by atoms with Crippen molar-refractivity contribution in [3.05, 3.63) is 72.0 Å². The normalized spacial score (nSPS) is 23.2. The van der Waals surface area contributed by atoms with Crippen LogP contribution in [0.3, 0.4) is 0 Å². The van der Waals surface area contributed by atoms with Gasteiger partial charge in [0.25, 0.3) is 5.92 Å². The van der Waals surface area contributed by atoms with Crippen molar-refractivity contribution in [2.24, 2.45) is 5.92 Å². The standard InChI is InChI=1S/C28H30F2N2O3/c1-19(14-26(33)21-4-2-3-5-21)20-6-8-23(9-7-20)35-25-12-13-32(17-25)27-11-10-24(16-31-27)34-18-22-15-28(22,29)30/h2,4-11,16,19,22,25H,3,12-15,17-18H2,1H3/t19-,22-,25?/m1/s1. The highest BCUT2D eigenvalue weighted by molar-refractivity contribution is 5.99. The first-order valence-electron chi connectivity index (χ1n) is 12.3. The van der Waals surface area contributed by atoms with Crippen LogP contribution in [0, 0.1) is 5.92 Å². The number of anilines is 1. The van der Waals surface area contributed by atoms with Crippen LogP contribution >= 0.6 is 0 Å². The number of Topliss-reactive ketones (excluding diaryl/α,β-unsaturated/α-hetero) is 1. The smallest absolute Gasteiger partial charge is 0.255 e. The number of hydrogen-bond acceptors (Lipinski definition) is 5. The van der Waals surface area contributed by atoms with Crippen molar-refractivity contribution >= 4 is 11.6 Å². The number of nitrogens with zero attached hydrogens (tertiary/aromatic N) is 2. The average molecular weight is 481 g/mol. The summed E-state index contributed by atoms with van der Waals surface area (Å²) in [5.41, 5.74) is 1.94. The zero-order chi connectivity index (χ0) is 24.4. The molecule has 2 heterocycles. The number of allylic oxidation sites excluding steroid dienone is 4. The second-order valence-electron chi connectivity index (χ2n) is 9.69. The van der Waals surface area contributed by atoms with E-state index in [1.165, 1.54) is 0 Å². The lowest BCUT2D eigenvalue weighted by molar-refractivity contribution is -0.115. The van der Waals surface area contributed by atoms with Crippen LogP contribution in [-0.4, -0.2) is 42.5 Å². The number of hydrogen-bond donors (Lipinski definition) is 0. The number of carbonyl (C=O) groups is 1. The Morgan fingerprint density at radius 1 is 1.20 bits per heavy atom. The van der Waals surface area contributed by atoms with Crippen LogP contribution in [0.2, 0.25) is 0 Å². The lowest BCUT2D eigenvalue weighted by atomic mass is 9.93. The molecular formula is C28H30F2N2O3. The number of aromatic nitrogens is 1. The maximum atomic E-state index is 13.0. The predicted octanol–water partition coefficient (Wildman–Crippen LogP) is 5.72. The Balaban J connectivity index is 1.09. The van der Waals surface area contributed by atoms with Crippen molar-refractivity contribution in [3.8, 4) is 11.5 Å². The molecule has 1 aliphatic heterocycles. The quantitative estimate of drug-likeness (QED) is 0.435. The summed E-state index contributed by atoms with van der Waals surface area (Å²) in [6, 6.07) is 11.7. The van der Waals surface area contributed by atoms with Crippen LogP contribution < -0.4 is 14.4 Å². The van der Waals surface area contributed by atoms with Crippen LogP contribution in [0.5, 0.6) is 11.5 Å². The third kappa shape index (κ3) is 5.72. The largest absolute Gasteiger partial charge is 0.491 e. The summed E-state index contributed by atoms with van der Waals surface area (Å²) < 4.78 is 37.6. The van der Waals surface area contributed by atoms with Crippen molar-refractivity contribution in [3.63, 3.8) is 0 Å². The Labute approximate surface area is 204 Å². The highest BCUT2D eigenvalue weighted by Gasteiger charge is 2.57. The molecule has 5 nitrogen and oxygen atoms in total. The molecule has 2 aromatic rings. The van der Waals surface area contributed by atoms with Gasteiger partial charge < -0.3 is 14.4 Å². The minimum atomic E-state index is -2.57. The Kier molecular flexibility index (Phi) is 6.58. The molecule has 2 aliphatic carbocycles. The highest BCUT2D eigenvalue weighted by atomic mass is 19.3. The first kappa shape index (κ1) is 23.5. The van der Waals surface area contributed by atoms with Gasteiger partial charge in [0, 0.05) is 31.4 Å². The van der Waals surface area contributed by atoms with Gasteiger partial charge in [0.2, 0.25) is 0 Å². The maximum absolute atomic E-state index is 13.0. The molecule has 0 amide bonds. The van der Waals surface area contributed by atoms with Gasteiger partial charge in [-0.15, -0.1) is 0 Å². The molecule has 2 fully saturated rings. The second kappa shape index (κ2) is 9.80. The number of carbonyl (C=O) groups excluding carboxylic acids is 1. The summed E-state index contributed by atoms with van der Waals surface area (Å²) in [6.45, 7) is 3.65. The molecule has 3 atom stereocenters. The summed E-state index contributed by atoms with van der Waals surface area (Å²) in [5, 5.41) is 0. The first-order valence-corrected chi connectivity index (χ1v) is 12.3. The van der Waals surface area contributed by atoms with Crippen LogP contribution in [0.25, 0.3) is 0 Å². The minimum absolute atomic E-state index is 0.0248. The fourth-order valence-electron chi connectivity index (χ4n) is 4.57. The van der Waals surface area contributed by atoms with E-state index in [-0.39, 0.29) is 30.8 Å². The predicted molar refractivity (Wildman–Crippen MR) is 130 cm³/mol. The number of rotatable bonds is 10. The number of ketones is 1. The first-order chi connectivity index (χ1) is 16.9. The van der Waals surface area contributed by atoms with Gasteiger partial charge in [-0.05, 0) is 42.2 Å². The number of alkyl halides is 2. The minimum Gasteiger partial charge on any atom is -0.491 e. The Hall–Kier alpha value is -3.22. The lowest BCUT2D eigenvalue weighted by Crippen LogP contribution is -2.25.